The number of carboxylic acid groups (broad SMARTS) is 1. The minimum atomic E-state index is -3.54. The molecule has 106 valence electrons. The molecule has 0 heterocycles. The number of amides is 1. The van der Waals surface area contributed by atoms with Gasteiger partial charge in [0.15, 0.2) is 0 Å². The number of ether oxygens (including phenoxy) is 1. The quantitative estimate of drug-likeness (QED) is 0.497. The lowest BCUT2D eigenvalue weighted by Crippen LogP contribution is -2.40. The Morgan fingerprint density at radius 1 is 1.39 bits per heavy atom. The highest BCUT2D eigenvalue weighted by atomic mass is 32.2. The zero-order valence-corrected chi connectivity index (χ0v) is 11.2. The molecule has 0 spiro atoms. The Bertz CT molecular complexity index is 381. The van der Waals surface area contributed by atoms with E-state index in [-0.39, 0.29) is 5.75 Å². The molecular weight excluding hydrogens is 264 g/mol. The summed E-state index contributed by atoms with van der Waals surface area (Å²) < 4.78 is 29.6. The van der Waals surface area contributed by atoms with Gasteiger partial charge in [-0.2, -0.15) is 0 Å². The molecular formula is C9H18N2O6S. The summed E-state index contributed by atoms with van der Waals surface area (Å²) in [6.07, 6.45) is 0.324. The number of carbonyl (C=O) groups is 2. The van der Waals surface area contributed by atoms with Crippen LogP contribution in [0.3, 0.4) is 0 Å². The highest BCUT2D eigenvalue weighted by molar-refractivity contribution is 7.89. The normalized spacial score (nSPS) is 11.2. The zero-order valence-electron chi connectivity index (χ0n) is 10.4. The largest absolute Gasteiger partial charge is 0.480 e. The summed E-state index contributed by atoms with van der Waals surface area (Å²) >= 11 is 0. The molecule has 0 aromatic rings. The van der Waals surface area contributed by atoms with Gasteiger partial charge in [0.1, 0.15) is 6.54 Å². The molecule has 18 heavy (non-hydrogen) atoms. The second kappa shape index (κ2) is 8.01. The maximum absolute atomic E-state index is 11.4. The maximum atomic E-state index is 11.4. The molecule has 0 aromatic carbocycles. The first-order valence-corrected chi connectivity index (χ1v) is 6.85. The van der Waals surface area contributed by atoms with Crippen LogP contribution >= 0.6 is 0 Å². The van der Waals surface area contributed by atoms with Crippen LogP contribution in [-0.2, 0) is 24.3 Å². The van der Waals surface area contributed by atoms with E-state index in [0.717, 1.165) is 4.90 Å². The van der Waals surface area contributed by atoms with E-state index in [1.807, 2.05) is 0 Å². The van der Waals surface area contributed by atoms with Gasteiger partial charge in [-0.15, -0.1) is 0 Å². The number of nitrogens with one attached hydrogen (secondary N) is 1. The average molecular weight is 282 g/mol. The van der Waals surface area contributed by atoms with Crippen molar-refractivity contribution in [1.82, 2.24) is 9.62 Å². The van der Waals surface area contributed by atoms with Crippen LogP contribution in [0, 0.1) is 0 Å². The van der Waals surface area contributed by atoms with Crippen LogP contribution in [-0.4, -0.2) is 69.9 Å². The predicted octanol–water partition coefficient (Wildman–Crippen LogP) is -1.51. The SMILES string of the molecule is COCCCS(=O)(=O)NCC(=O)N(C)CC(=O)O. The Labute approximate surface area is 106 Å². The Kier molecular flexibility index (Phi) is 7.48. The first-order valence-electron chi connectivity index (χ1n) is 5.20. The van der Waals surface area contributed by atoms with E-state index < -0.39 is 35.0 Å². The van der Waals surface area contributed by atoms with Crippen molar-refractivity contribution in [2.45, 2.75) is 6.42 Å². The molecule has 0 aliphatic rings. The number of carboxylic acids is 1. The first kappa shape index (κ1) is 16.8. The predicted molar refractivity (Wildman–Crippen MR) is 63.6 cm³/mol. The molecule has 2 N–H and O–H groups in total. The lowest BCUT2D eigenvalue weighted by molar-refractivity contribution is -0.143. The van der Waals surface area contributed by atoms with E-state index in [4.69, 9.17) is 9.84 Å². The fourth-order valence-electron chi connectivity index (χ4n) is 1.06. The maximum Gasteiger partial charge on any atom is 0.323 e. The highest BCUT2D eigenvalue weighted by Crippen LogP contribution is 1.91. The summed E-state index contributed by atoms with van der Waals surface area (Å²) in [5, 5.41) is 8.46. The summed E-state index contributed by atoms with van der Waals surface area (Å²) in [4.78, 5) is 22.6. The summed E-state index contributed by atoms with van der Waals surface area (Å²) in [7, 11) is -0.786. The standard InChI is InChI=1S/C9H18N2O6S/c1-11(7-9(13)14)8(12)6-10-18(15,16)5-3-4-17-2/h10H,3-7H2,1-2H3,(H,13,14). The molecule has 0 rings (SSSR count). The molecule has 0 unspecified atom stereocenters. The smallest absolute Gasteiger partial charge is 0.323 e. The van der Waals surface area contributed by atoms with Crippen molar-refractivity contribution in [2.24, 2.45) is 0 Å². The average Bonchev–Trinajstić information content (AvgIpc) is 2.25. The Morgan fingerprint density at radius 2 is 2.00 bits per heavy atom. The van der Waals surface area contributed by atoms with E-state index in [2.05, 4.69) is 4.72 Å². The van der Waals surface area contributed by atoms with Gasteiger partial charge in [0.25, 0.3) is 0 Å². The van der Waals surface area contributed by atoms with Crippen molar-refractivity contribution in [1.29, 1.82) is 0 Å². The minimum Gasteiger partial charge on any atom is -0.480 e. The summed E-state index contributed by atoms with van der Waals surface area (Å²) in [5.74, 6) is -1.90. The van der Waals surface area contributed by atoms with Crippen LogP contribution in [0.1, 0.15) is 6.42 Å². The number of sulfonamides is 1. The number of nitrogens with zero attached hydrogens (tertiary/aromatic N) is 1. The number of hydrogen-bond donors (Lipinski definition) is 2. The van der Waals surface area contributed by atoms with E-state index in [1.54, 1.807) is 0 Å². The zero-order chi connectivity index (χ0) is 14.2. The number of methoxy groups -OCH3 is 1. The van der Waals surface area contributed by atoms with Crippen LogP contribution in [0.5, 0.6) is 0 Å². The molecule has 0 bridgehead atoms. The molecule has 0 saturated heterocycles. The molecule has 9 heteroatoms. The summed E-state index contributed by atoms with van der Waals surface area (Å²) in [6, 6.07) is 0. The van der Waals surface area contributed by atoms with Gasteiger partial charge in [-0.25, -0.2) is 13.1 Å². The van der Waals surface area contributed by atoms with Crippen molar-refractivity contribution < 1.29 is 27.9 Å². The fourth-order valence-corrected chi connectivity index (χ4v) is 2.05. The highest BCUT2D eigenvalue weighted by Gasteiger charge is 2.16. The van der Waals surface area contributed by atoms with Crippen LogP contribution in [0.2, 0.25) is 0 Å². The molecule has 0 fully saturated rings. The van der Waals surface area contributed by atoms with Gasteiger partial charge in [-0.05, 0) is 6.42 Å². The lowest BCUT2D eigenvalue weighted by atomic mass is 10.5. The van der Waals surface area contributed by atoms with Gasteiger partial charge < -0.3 is 14.7 Å². The Hall–Kier alpha value is -1.19. The second-order valence-electron chi connectivity index (χ2n) is 3.63. The van der Waals surface area contributed by atoms with Crippen LogP contribution < -0.4 is 4.72 Å². The van der Waals surface area contributed by atoms with Crippen LogP contribution in [0.25, 0.3) is 0 Å². The Morgan fingerprint density at radius 3 is 2.50 bits per heavy atom. The molecule has 0 radical (unpaired) electrons. The lowest BCUT2D eigenvalue weighted by Gasteiger charge is -2.14. The van der Waals surface area contributed by atoms with Gasteiger partial charge in [-0.1, -0.05) is 0 Å². The van der Waals surface area contributed by atoms with E-state index in [1.165, 1.54) is 14.2 Å². The van der Waals surface area contributed by atoms with Crippen molar-refractivity contribution in [2.75, 3.05) is 39.6 Å². The summed E-state index contributed by atoms with van der Waals surface area (Å²) in [6.45, 7) is -0.600. The molecule has 0 aromatic heterocycles. The number of likely N-dealkylation sites (N-methyl/N-ethyl adjacent to an activating group) is 1. The third-order valence-electron chi connectivity index (χ3n) is 2.00. The molecule has 0 aliphatic heterocycles. The van der Waals surface area contributed by atoms with Crippen molar-refractivity contribution >= 4 is 21.9 Å². The molecule has 0 atom stereocenters. The minimum absolute atomic E-state index is 0.142. The number of hydrogen-bond acceptors (Lipinski definition) is 5. The molecule has 1 amide bonds. The fraction of sp³-hybridized carbons (Fsp3) is 0.778. The topological polar surface area (TPSA) is 113 Å². The van der Waals surface area contributed by atoms with Gasteiger partial charge in [0.05, 0.1) is 12.3 Å². The number of aliphatic carboxylic acids is 1. The summed E-state index contributed by atoms with van der Waals surface area (Å²) in [5.41, 5.74) is 0. The van der Waals surface area contributed by atoms with E-state index >= 15 is 0 Å². The molecule has 8 nitrogen and oxygen atoms in total. The number of rotatable bonds is 9. The van der Waals surface area contributed by atoms with Gasteiger partial charge in [-0.3, -0.25) is 9.59 Å². The van der Waals surface area contributed by atoms with E-state index in [0.29, 0.717) is 13.0 Å². The van der Waals surface area contributed by atoms with Crippen LogP contribution in [0.15, 0.2) is 0 Å². The Balaban J connectivity index is 4.07. The van der Waals surface area contributed by atoms with E-state index in [9.17, 15) is 18.0 Å². The number of carbonyl (C=O) groups excluding carboxylic acids is 1. The van der Waals surface area contributed by atoms with Gasteiger partial charge in [0.2, 0.25) is 15.9 Å². The molecule has 0 saturated carbocycles. The monoisotopic (exact) mass is 282 g/mol. The van der Waals surface area contributed by atoms with Crippen molar-refractivity contribution in [3.05, 3.63) is 0 Å². The first-order chi connectivity index (χ1) is 8.28. The third-order valence-corrected chi connectivity index (χ3v) is 3.41. The van der Waals surface area contributed by atoms with Crippen LogP contribution in [0.4, 0.5) is 0 Å². The van der Waals surface area contributed by atoms with Gasteiger partial charge in [0, 0.05) is 20.8 Å². The second-order valence-corrected chi connectivity index (χ2v) is 5.56. The van der Waals surface area contributed by atoms with Crippen molar-refractivity contribution in [3.63, 3.8) is 0 Å². The third kappa shape index (κ3) is 7.98. The van der Waals surface area contributed by atoms with Crippen molar-refractivity contribution in [3.8, 4) is 0 Å². The molecule has 0 aliphatic carbocycles. The van der Waals surface area contributed by atoms with Gasteiger partial charge >= 0.3 is 5.97 Å².